The highest BCUT2D eigenvalue weighted by Crippen LogP contribution is 2.32. The van der Waals surface area contributed by atoms with Crippen molar-refractivity contribution in [2.75, 3.05) is 0 Å². The lowest BCUT2D eigenvalue weighted by molar-refractivity contribution is -0.385. The summed E-state index contributed by atoms with van der Waals surface area (Å²) in [6.07, 6.45) is 1.59. The Kier molecular flexibility index (Phi) is 5.45. The van der Waals surface area contributed by atoms with E-state index < -0.39 is 4.92 Å². The fourth-order valence-electron chi connectivity index (χ4n) is 2.22. The molecule has 1 N–H and O–H groups in total. The number of benzene rings is 2. The zero-order chi connectivity index (χ0) is 18.8. The number of nitro groups is 1. The lowest BCUT2D eigenvalue weighted by Gasteiger charge is -2.02. The molecular weight excluding hydrogens is 442 g/mol. The van der Waals surface area contributed by atoms with Crippen LogP contribution in [0.3, 0.4) is 0 Å². The van der Waals surface area contributed by atoms with Crippen molar-refractivity contribution in [1.82, 2.24) is 5.32 Å². The Bertz CT molecular complexity index is 991. The normalized spacial score (nSPS) is 17.0. The second kappa shape index (κ2) is 7.61. The van der Waals surface area contributed by atoms with Gasteiger partial charge in [-0.2, -0.15) is 0 Å². The number of halogens is 2. The van der Waals surface area contributed by atoms with Crippen molar-refractivity contribution in [1.29, 1.82) is 0 Å². The monoisotopic (exact) mass is 451 g/mol. The van der Waals surface area contributed by atoms with E-state index in [1.807, 2.05) is 6.92 Å². The molecule has 0 radical (unpaired) electrons. The van der Waals surface area contributed by atoms with Gasteiger partial charge in [0.25, 0.3) is 11.6 Å². The highest BCUT2D eigenvalue weighted by molar-refractivity contribution is 9.10. The van der Waals surface area contributed by atoms with Crippen LogP contribution in [0, 0.1) is 17.0 Å². The number of hydrogen-bond acceptors (Lipinski definition) is 5. The topological polar surface area (TPSA) is 84.6 Å². The van der Waals surface area contributed by atoms with Gasteiger partial charge < -0.3 is 5.32 Å². The number of carbonyl (C=O) groups excluding carboxylic acids is 1. The summed E-state index contributed by atoms with van der Waals surface area (Å²) in [5, 5.41) is 14.7. The Hall–Kier alpha value is -2.16. The molecule has 9 heteroatoms. The van der Waals surface area contributed by atoms with E-state index in [0.717, 1.165) is 5.56 Å². The number of carbonyl (C=O) groups is 1. The molecule has 1 saturated heterocycles. The minimum atomic E-state index is -0.483. The van der Waals surface area contributed by atoms with Crippen molar-refractivity contribution in [3.63, 3.8) is 0 Å². The zero-order valence-electron chi connectivity index (χ0n) is 13.3. The van der Waals surface area contributed by atoms with E-state index in [1.165, 1.54) is 17.8 Å². The molecule has 1 aliphatic rings. The fraction of sp³-hybridized carbons (Fsp3) is 0.0588. The molecule has 0 aromatic heterocycles. The van der Waals surface area contributed by atoms with Crippen LogP contribution in [0.25, 0.3) is 6.08 Å². The Labute approximate surface area is 166 Å². The van der Waals surface area contributed by atoms with E-state index in [9.17, 15) is 14.9 Å². The van der Waals surface area contributed by atoms with Crippen LogP contribution in [-0.2, 0) is 4.79 Å². The summed E-state index contributed by atoms with van der Waals surface area (Å²) in [4.78, 5) is 27.5. The average molecular weight is 453 g/mol. The van der Waals surface area contributed by atoms with Gasteiger partial charge in [0, 0.05) is 11.1 Å². The Morgan fingerprint density at radius 3 is 2.85 bits per heavy atom. The van der Waals surface area contributed by atoms with E-state index in [0.29, 0.717) is 30.8 Å². The summed E-state index contributed by atoms with van der Waals surface area (Å²) in [5.41, 5.74) is 1.97. The van der Waals surface area contributed by atoms with E-state index >= 15 is 0 Å². The van der Waals surface area contributed by atoms with Crippen LogP contribution in [0.1, 0.15) is 11.1 Å². The van der Waals surface area contributed by atoms with Crippen LogP contribution in [0.2, 0.25) is 5.02 Å². The first-order chi connectivity index (χ1) is 12.3. The standard InChI is InChI=1S/C17H11BrClN3O3S/c1-9-12(19)3-2-4-13(9)20-17-21-16(23)15(26-17)8-10-5-6-11(18)14(7-10)22(24)25/h2-8H,1H3,(H,20,21,23)/b15-8-. The third-order valence-corrected chi connectivity index (χ3v) is 5.57. The van der Waals surface area contributed by atoms with Gasteiger partial charge in [-0.05, 0) is 70.0 Å². The number of nitrogens with zero attached hydrogens (tertiary/aromatic N) is 2. The maximum atomic E-state index is 12.2. The quantitative estimate of drug-likeness (QED) is 0.393. The number of amidine groups is 1. The van der Waals surface area contributed by atoms with Crippen molar-refractivity contribution < 1.29 is 9.72 Å². The van der Waals surface area contributed by atoms with E-state index in [4.69, 9.17) is 11.6 Å². The summed E-state index contributed by atoms with van der Waals surface area (Å²) in [6.45, 7) is 1.85. The predicted octanol–water partition coefficient (Wildman–Crippen LogP) is 5.21. The first kappa shape index (κ1) is 18.6. The number of nitrogens with one attached hydrogen (secondary N) is 1. The molecule has 132 valence electrons. The van der Waals surface area contributed by atoms with Crippen LogP contribution in [0.4, 0.5) is 11.4 Å². The van der Waals surface area contributed by atoms with Crippen molar-refractivity contribution in [2.24, 2.45) is 4.99 Å². The second-order valence-corrected chi connectivity index (χ2v) is 7.63. The summed E-state index contributed by atoms with van der Waals surface area (Å²) >= 11 is 10.4. The largest absolute Gasteiger partial charge is 0.300 e. The van der Waals surface area contributed by atoms with Crippen molar-refractivity contribution in [3.8, 4) is 0 Å². The van der Waals surface area contributed by atoms with Gasteiger partial charge in [-0.1, -0.05) is 23.7 Å². The molecule has 0 saturated carbocycles. The van der Waals surface area contributed by atoms with Gasteiger partial charge in [0.15, 0.2) is 5.17 Å². The third kappa shape index (κ3) is 3.98. The predicted molar refractivity (Wildman–Crippen MR) is 108 cm³/mol. The van der Waals surface area contributed by atoms with Crippen molar-refractivity contribution >= 4 is 67.8 Å². The molecule has 6 nitrogen and oxygen atoms in total. The first-order valence-corrected chi connectivity index (χ1v) is 9.32. The summed E-state index contributed by atoms with van der Waals surface area (Å²) < 4.78 is 0.381. The molecule has 26 heavy (non-hydrogen) atoms. The third-order valence-electron chi connectivity index (χ3n) is 3.58. The van der Waals surface area contributed by atoms with Gasteiger partial charge in [-0.25, -0.2) is 4.99 Å². The van der Waals surface area contributed by atoms with Gasteiger partial charge in [0.2, 0.25) is 0 Å². The summed E-state index contributed by atoms with van der Waals surface area (Å²) in [6, 6.07) is 10.0. The smallest absolute Gasteiger partial charge is 0.284 e. The fourth-order valence-corrected chi connectivity index (χ4v) is 3.61. The lowest BCUT2D eigenvalue weighted by Crippen LogP contribution is -2.19. The average Bonchev–Trinajstić information content (AvgIpc) is 2.93. The number of thioether (sulfide) groups is 1. The van der Waals surface area contributed by atoms with Crippen LogP contribution >= 0.6 is 39.3 Å². The number of rotatable bonds is 3. The second-order valence-electron chi connectivity index (χ2n) is 5.33. The van der Waals surface area contributed by atoms with Crippen LogP contribution in [-0.4, -0.2) is 16.0 Å². The highest BCUT2D eigenvalue weighted by atomic mass is 79.9. The molecule has 2 aromatic carbocycles. The molecule has 2 aromatic rings. The van der Waals surface area contributed by atoms with Gasteiger partial charge in [-0.3, -0.25) is 14.9 Å². The molecule has 3 rings (SSSR count). The van der Waals surface area contributed by atoms with Gasteiger partial charge >= 0.3 is 0 Å². The molecule has 0 spiro atoms. The van der Waals surface area contributed by atoms with Gasteiger partial charge in [0.05, 0.1) is 20.0 Å². The lowest BCUT2D eigenvalue weighted by atomic mass is 10.2. The molecule has 1 amide bonds. The van der Waals surface area contributed by atoms with Crippen molar-refractivity contribution in [2.45, 2.75) is 6.92 Å². The molecule has 0 aliphatic carbocycles. The van der Waals surface area contributed by atoms with Crippen molar-refractivity contribution in [3.05, 3.63) is 72.0 Å². The van der Waals surface area contributed by atoms with Crippen LogP contribution in [0.5, 0.6) is 0 Å². The summed E-state index contributed by atoms with van der Waals surface area (Å²) in [7, 11) is 0. The number of amides is 1. The maximum Gasteiger partial charge on any atom is 0.284 e. The molecule has 0 atom stereocenters. The first-order valence-electron chi connectivity index (χ1n) is 7.34. The number of aliphatic imine (C=N–C) groups is 1. The molecule has 1 aliphatic heterocycles. The van der Waals surface area contributed by atoms with E-state index in [1.54, 1.807) is 36.4 Å². The minimum Gasteiger partial charge on any atom is -0.300 e. The molecule has 1 fully saturated rings. The highest BCUT2D eigenvalue weighted by Gasteiger charge is 2.24. The molecule has 0 bridgehead atoms. The zero-order valence-corrected chi connectivity index (χ0v) is 16.5. The van der Waals surface area contributed by atoms with Crippen LogP contribution < -0.4 is 5.32 Å². The SMILES string of the molecule is Cc1c(Cl)cccc1N=C1NC(=O)/C(=C/c2ccc(Br)c([N+](=O)[O-])c2)S1. The number of nitro benzene ring substituents is 1. The Morgan fingerprint density at radius 1 is 1.35 bits per heavy atom. The molecule has 0 unspecified atom stereocenters. The van der Waals surface area contributed by atoms with E-state index in [2.05, 4.69) is 26.2 Å². The minimum absolute atomic E-state index is 0.0637. The summed E-state index contributed by atoms with van der Waals surface area (Å²) in [5.74, 6) is -0.306. The number of hydrogen-bond donors (Lipinski definition) is 1. The Morgan fingerprint density at radius 2 is 2.12 bits per heavy atom. The van der Waals surface area contributed by atoms with Gasteiger partial charge in [-0.15, -0.1) is 0 Å². The maximum absolute atomic E-state index is 12.2. The molecular formula is C17H11BrClN3O3S. The Balaban J connectivity index is 1.89. The molecule has 1 heterocycles. The van der Waals surface area contributed by atoms with E-state index in [-0.39, 0.29) is 11.6 Å². The van der Waals surface area contributed by atoms with Crippen LogP contribution in [0.15, 0.2) is 50.8 Å². The van der Waals surface area contributed by atoms with Gasteiger partial charge in [0.1, 0.15) is 0 Å².